The van der Waals surface area contributed by atoms with Crippen LogP contribution in [0.5, 0.6) is 0 Å². The Kier molecular flexibility index (Phi) is 4.43. The average molecular weight is 343 g/mol. The van der Waals surface area contributed by atoms with E-state index in [0.29, 0.717) is 6.54 Å². The second-order valence-electron chi connectivity index (χ2n) is 5.20. The molecule has 8 heteroatoms. The smallest absolute Gasteiger partial charge is 0.274 e. The molecule has 2 heterocycles. The number of aryl methyl sites for hydroxylation is 1. The first kappa shape index (κ1) is 15.9. The molecule has 0 aliphatic heterocycles. The lowest BCUT2D eigenvalue weighted by molar-refractivity contribution is 0.0946. The predicted molar refractivity (Wildman–Crippen MR) is 90.9 cm³/mol. The van der Waals surface area contributed by atoms with Crippen molar-refractivity contribution in [1.82, 2.24) is 25.1 Å². The van der Waals surface area contributed by atoms with Crippen molar-refractivity contribution in [2.24, 2.45) is 0 Å². The molecule has 122 valence electrons. The normalized spacial score (nSPS) is 10.6. The Morgan fingerprint density at radius 2 is 2.04 bits per heavy atom. The van der Waals surface area contributed by atoms with Crippen molar-refractivity contribution in [2.75, 3.05) is 5.73 Å². The Hall–Kier alpha value is -2.93. The van der Waals surface area contributed by atoms with Crippen molar-refractivity contribution in [2.45, 2.75) is 13.5 Å². The number of anilines is 1. The van der Waals surface area contributed by atoms with Gasteiger partial charge in [0.25, 0.3) is 5.91 Å². The van der Waals surface area contributed by atoms with Crippen LogP contribution in [0.3, 0.4) is 0 Å². The van der Waals surface area contributed by atoms with E-state index in [9.17, 15) is 4.79 Å². The molecular weight excluding hydrogens is 328 g/mol. The molecule has 0 aliphatic rings. The predicted octanol–water partition coefficient (Wildman–Crippen LogP) is 2.14. The molecule has 0 saturated carbocycles. The van der Waals surface area contributed by atoms with Crippen LogP contribution in [0.1, 0.15) is 21.6 Å². The van der Waals surface area contributed by atoms with Crippen LogP contribution in [-0.2, 0) is 6.54 Å². The van der Waals surface area contributed by atoms with E-state index in [4.69, 9.17) is 17.3 Å². The van der Waals surface area contributed by atoms with Crippen LogP contribution < -0.4 is 11.1 Å². The van der Waals surface area contributed by atoms with Gasteiger partial charge in [-0.25, -0.2) is 14.6 Å². The number of carbonyl (C=O) groups is 1. The lowest BCUT2D eigenvalue weighted by Gasteiger charge is -2.09. The van der Waals surface area contributed by atoms with Crippen LogP contribution in [0.15, 0.2) is 42.7 Å². The highest BCUT2D eigenvalue weighted by atomic mass is 35.5. The van der Waals surface area contributed by atoms with Crippen molar-refractivity contribution in [1.29, 1.82) is 0 Å². The second kappa shape index (κ2) is 6.67. The van der Waals surface area contributed by atoms with E-state index in [0.717, 1.165) is 11.1 Å². The summed E-state index contributed by atoms with van der Waals surface area (Å²) >= 11 is 6.14. The Morgan fingerprint density at radius 1 is 1.29 bits per heavy atom. The van der Waals surface area contributed by atoms with Gasteiger partial charge in [0.15, 0.2) is 22.5 Å². The second-order valence-corrected chi connectivity index (χ2v) is 5.56. The Bertz CT molecular complexity index is 878. The monoisotopic (exact) mass is 342 g/mol. The number of nitrogens with two attached hydrogens (primary N) is 1. The minimum Gasteiger partial charge on any atom is -0.382 e. The van der Waals surface area contributed by atoms with E-state index in [-0.39, 0.29) is 22.5 Å². The van der Waals surface area contributed by atoms with Crippen LogP contribution in [-0.4, -0.2) is 25.7 Å². The number of carbonyl (C=O) groups excluding carboxylic acids is 1. The Morgan fingerprint density at radius 3 is 2.71 bits per heavy atom. The van der Waals surface area contributed by atoms with Gasteiger partial charge in [-0.05, 0) is 18.1 Å². The fourth-order valence-electron chi connectivity index (χ4n) is 2.12. The van der Waals surface area contributed by atoms with E-state index in [1.54, 1.807) is 12.4 Å². The van der Waals surface area contributed by atoms with E-state index in [1.807, 2.05) is 37.3 Å². The Labute approximate surface area is 143 Å². The van der Waals surface area contributed by atoms with Crippen LogP contribution in [0.25, 0.3) is 5.82 Å². The SMILES string of the molecule is Cc1cnn(-c2nc(N)c(C(=O)NCc3ccccc3)nc2Cl)c1. The topological polar surface area (TPSA) is 98.7 Å². The molecule has 2 aromatic heterocycles. The molecule has 0 aliphatic carbocycles. The number of nitrogen functional groups attached to an aromatic ring is 1. The van der Waals surface area contributed by atoms with Gasteiger partial charge in [0.1, 0.15) is 0 Å². The van der Waals surface area contributed by atoms with Crippen LogP contribution in [0, 0.1) is 6.92 Å². The van der Waals surface area contributed by atoms with Crippen molar-refractivity contribution in [3.05, 3.63) is 64.7 Å². The third kappa shape index (κ3) is 3.36. The zero-order valence-electron chi connectivity index (χ0n) is 12.9. The van der Waals surface area contributed by atoms with Gasteiger partial charge in [0, 0.05) is 12.7 Å². The first-order chi connectivity index (χ1) is 11.5. The summed E-state index contributed by atoms with van der Waals surface area (Å²) < 4.78 is 1.46. The average Bonchev–Trinajstić information content (AvgIpc) is 3.01. The zero-order valence-corrected chi connectivity index (χ0v) is 13.7. The summed E-state index contributed by atoms with van der Waals surface area (Å²) in [7, 11) is 0. The number of hydrogen-bond donors (Lipinski definition) is 2. The van der Waals surface area contributed by atoms with Gasteiger partial charge in [-0.15, -0.1) is 0 Å². The number of nitrogens with zero attached hydrogens (tertiary/aromatic N) is 4. The highest BCUT2D eigenvalue weighted by molar-refractivity contribution is 6.31. The van der Waals surface area contributed by atoms with Gasteiger partial charge in [0.2, 0.25) is 0 Å². The minimum absolute atomic E-state index is 0.00638. The molecule has 0 unspecified atom stereocenters. The van der Waals surface area contributed by atoms with Gasteiger partial charge in [-0.3, -0.25) is 4.79 Å². The number of nitrogens with one attached hydrogen (secondary N) is 1. The quantitative estimate of drug-likeness (QED) is 0.756. The summed E-state index contributed by atoms with van der Waals surface area (Å²) in [6.45, 7) is 2.25. The van der Waals surface area contributed by atoms with Gasteiger partial charge >= 0.3 is 0 Å². The minimum atomic E-state index is -0.436. The number of hydrogen-bond acceptors (Lipinski definition) is 5. The molecular formula is C16H15ClN6O. The summed E-state index contributed by atoms with van der Waals surface area (Å²) in [5.74, 6) is -0.163. The number of aromatic nitrogens is 4. The number of rotatable bonds is 4. The molecule has 0 radical (unpaired) electrons. The summed E-state index contributed by atoms with van der Waals surface area (Å²) in [5, 5.41) is 6.91. The summed E-state index contributed by atoms with van der Waals surface area (Å²) in [5.41, 5.74) is 7.77. The number of halogens is 1. The first-order valence-electron chi connectivity index (χ1n) is 7.21. The van der Waals surface area contributed by atoms with Crippen molar-refractivity contribution < 1.29 is 4.79 Å². The van der Waals surface area contributed by atoms with Gasteiger partial charge in [0.05, 0.1) is 6.20 Å². The maximum absolute atomic E-state index is 12.3. The first-order valence-corrected chi connectivity index (χ1v) is 7.59. The molecule has 0 saturated heterocycles. The molecule has 7 nitrogen and oxygen atoms in total. The molecule has 3 rings (SSSR count). The molecule has 1 aromatic carbocycles. The maximum atomic E-state index is 12.3. The summed E-state index contributed by atoms with van der Waals surface area (Å²) in [4.78, 5) is 20.5. The maximum Gasteiger partial charge on any atom is 0.274 e. The summed E-state index contributed by atoms with van der Waals surface area (Å²) in [6.07, 6.45) is 3.40. The fraction of sp³-hybridized carbons (Fsp3) is 0.125. The molecule has 0 bridgehead atoms. The standard InChI is InChI=1S/C16H15ClN6O/c1-10-7-20-23(9-10)15-13(17)21-12(14(18)22-15)16(24)19-8-11-5-3-2-4-6-11/h2-7,9H,8H2,1H3,(H2,18,22)(H,19,24). The lowest BCUT2D eigenvalue weighted by atomic mass is 10.2. The van der Waals surface area contributed by atoms with Crippen LogP contribution in [0.4, 0.5) is 5.82 Å². The van der Waals surface area contributed by atoms with E-state index >= 15 is 0 Å². The highest BCUT2D eigenvalue weighted by Gasteiger charge is 2.18. The molecule has 1 amide bonds. The van der Waals surface area contributed by atoms with Gasteiger partial charge < -0.3 is 11.1 Å². The fourth-order valence-corrected chi connectivity index (χ4v) is 2.34. The third-order valence-corrected chi connectivity index (χ3v) is 3.56. The van der Waals surface area contributed by atoms with Crippen molar-refractivity contribution in [3.8, 4) is 5.82 Å². The van der Waals surface area contributed by atoms with E-state index < -0.39 is 5.91 Å². The molecule has 0 fully saturated rings. The molecule has 3 N–H and O–H groups in total. The largest absolute Gasteiger partial charge is 0.382 e. The van der Waals surface area contributed by atoms with Gasteiger partial charge in [-0.2, -0.15) is 5.10 Å². The molecule has 24 heavy (non-hydrogen) atoms. The number of amides is 1. The number of benzene rings is 1. The molecule has 3 aromatic rings. The lowest BCUT2D eigenvalue weighted by Crippen LogP contribution is -2.26. The third-order valence-electron chi connectivity index (χ3n) is 3.30. The van der Waals surface area contributed by atoms with Crippen molar-refractivity contribution >= 4 is 23.3 Å². The van der Waals surface area contributed by atoms with Gasteiger partial charge in [-0.1, -0.05) is 41.9 Å². The zero-order chi connectivity index (χ0) is 17.1. The highest BCUT2D eigenvalue weighted by Crippen LogP contribution is 2.19. The molecule has 0 spiro atoms. The Balaban J connectivity index is 1.81. The van der Waals surface area contributed by atoms with Crippen molar-refractivity contribution in [3.63, 3.8) is 0 Å². The van der Waals surface area contributed by atoms with E-state index in [1.165, 1.54) is 4.68 Å². The van der Waals surface area contributed by atoms with Crippen LogP contribution >= 0.6 is 11.6 Å². The van der Waals surface area contributed by atoms with Crippen LogP contribution in [0.2, 0.25) is 5.15 Å². The molecule has 0 atom stereocenters. The van der Waals surface area contributed by atoms with E-state index in [2.05, 4.69) is 20.4 Å². The summed E-state index contributed by atoms with van der Waals surface area (Å²) in [6, 6.07) is 9.52.